The third-order valence-electron chi connectivity index (χ3n) is 3.91. The van der Waals surface area contributed by atoms with E-state index in [1.54, 1.807) is 30.5 Å². The molecule has 1 fully saturated rings. The second-order valence-electron chi connectivity index (χ2n) is 5.70. The van der Waals surface area contributed by atoms with Crippen LogP contribution in [0.4, 0.5) is 0 Å². The first kappa shape index (κ1) is 14.8. The first-order valence-electron chi connectivity index (χ1n) is 7.54. The molecule has 7 nitrogen and oxygen atoms in total. The van der Waals surface area contributed by atoms with Gasteiger partial charge in [0.05, 0.1) is 21.5 Å². The Morgan fingerprint density at radius 3 is 2.79 bits per heavy atom. The van der Waals surface area contributed by atoms with Crippen LogP contribution in [0.15, 0.2) is 28.1 Å². The summed E-state index contributed by atoms with van der Waals surface area (Å²) in [6.07, 6.45) is 2.11. The molecular formula is C16H14N4O3S. The van der Waals surface area contributed by atoms with Crippen molar-refractivity contribution >= 4 is 34.3 Å². The van der Waals surface area contributed by atoms with E-state index in [9.17, 15) is 9.59 Å². The Morgan fingerprint density at radius 1 is 1.29 bits per heavy atom. The van der Waals surface area contributed by atoms with E-state index < -0.39 is 5.91 Å². The first-order valence-corrected chi connectivity index (χ1v) is 8.42. The van der Waals surface area contributed by atoms with Gasteiger partial charge in [-0.2, -0.15) is 0 Å². The molecule has 0 spiro atoms. The maximum atomic E-state index is 12.6. The van der Waals surface area contributed by atoms with Crippen molar-refractivity contribution in [2.24, 2.45) is 0 Å². The van der Waals surface area contributed by atoms with Gasteiger partial charge in [0.1, 0.15) is 0 Å². The van der Waals surface area contributed by atoms with Gasteiger partial charge in [-0.3, -0.25) is 20.4 Å². The highest BCUT2D eigenvalue weighted by Gasteiger charge is 2.28. The quantitative estimate of drug-likeness (QED) is 0.713. The number of amides is 2. The molecule has 4 rings (SSSR count). The molecule has 122 valence electrons. The van der Waals surface area contributed by atoms with E-state index in [1.165, 1.54) is 11.3 Å². The van der Waals surface area contributed by atoms with E-state index in [2.05, 4.69) is 21.0 Å². The van der Waals surface area contributed by atoms with Crippen molar-refractivity contribution in [2.75, 3.05) is 0 Å². The van der Waals surface area contributed by atoms with Crippen molar-refractivity contribution in [3.05, 3.63) is 45.4 Å². The average molecular weight is 342 g/mol. The van der Waals surface area contributed by atoms with Gasteiger partial charge < -0.3 is 4.52 Å². The lowest BCUT2D eigenvalue weighted by Gasteiger charge is -2.08. The highest BCUT2D eigenvalue weighted by atomic mass is 32.1. The fourth-order valence-corrected chi connectivity index (χ4v) is 3.15. The predicted molar refractivity (Wildman–Crippen MR) is 87.8 cm³/mol. The van der Waals surface area contributed by atoms with Crippen LogP contribution in [-0.2, 0) is 0 Å². The number of nitrogens with one attached hydrogen (secondary N) is 2. The molecule has 2 N–H and O–H groups in total. The smallest absolute Gasteiger partial charge is 0.279 e. The summed E-state index contributed by atoms with van der Waals surface area (Å²) in [5, 5.41) is 6.26. The molecule has 1 saturated carbocycles. The normalized spacial score (nSPS) is 13.9. The zero-order valence-electron chi connectivity index (χ0n) is 12.8. The van der Waals surface area contributed by atoms with E-state index in [-0.39, 0.29) is 5.91 Å². The summed E-state index contributed by atoms with van der Waals surface area (Å²) in [5.74, 6) is -0.402. The second-order valence-corrected chi connectivity index (χ2v) is 6.65. The number of aromatic nitrogens is 2. The number of rotatable bonds is 3. The Morgan fingerprint density at radius 2 is 2.08 bits per heavy atom. The van der Waals surface area contributed by atoms with E-state index >= 15 is 0 Å². The third-order valence-corrected chi connectivity index (χ3v) is 4.78. The number of carbonyl (C=O) groups excluding carboxylic acids is 2. The molecule has 0 radical (unpaired) electrons. The molecule has 0 aromatic carbocycles. The number of fused-ring (bicyclic) bond motifs is 1. The van der Waals surface area contributed by atoms with Crippen LogP contribution in [0.5, 0.6) is 0 Å². The van der Waals surface area contributed by atoms with E-state index in [0.717, 1.165) is 18.5 Å². The summed E-state index contributed by atoms with van der Waals surface area (Å²) in [4.78, 5) is 29.5. The van der Waals surface area contributed by atoms with Crippen molar-refractivity contribution in [2.45, 2.75) is 25.7 Å². The summed E-state index contributed by atoms with van der Waals surface area (Å²) >= 11 is 1.30. The third kappa shape index (κ3) is 2.65. The number of hydrazine groups is 1. The molecular weight excluding hydrogens is 328 g/mol. The standard InChI is InChI=1S/C16H14N4O3S/c1-8-13-10(7-11(9-4-5-9)17-16(13)23-20-8)14(21)18-19-15(22)12-3-2-6-24-12/h2-3,6-7,9H,4-5H2,1H3,(H,18,21)(H,19,22). The largest absolute Gasteiger partial charge is 0.336 e. The van der Waals surface area contributed by atoms with Gasteiger partial charge in [0.25, 0.3) is 17.5 Å². The zero-order valence-corrected chi connectivity index (χ0v) is 13.6. The number of hydrogen-bond acceptors (Lipinski definition) is 6. The summed E-state index contributed by atoms with van der Waals surface area (Å²) < 4.78 is 5.22. The van der Waals surface area contributed by atoms with E-state index in [0.29, 0.717) is 33.2 Å². The van der Waals surface area contributed by atoms with Gasteiger partial charge in [0.2, 0.25) is 0 Å². The van der Waals surface area contributed by atoms with Crippen molar-refractivity contribution in [1.82, 2.24) is 21.0 Å². The van der Waals surface area contributed by atoms with Gasteiger partial charge in [-0.05, 0) is 37.3 Å². The second kappa shape index (κ2) is 5.72. The molecule has 0 atom stereocenters. The Labute approximate surface area is 141 Å². The Kier molecular flexibility index (Phi) is 3.53. The molecule has 3 aromatic heterocycles. The molecule has 8 heteroatoms. The predicted octanol–water partition coefficient (Wildman–Crippen LogP) is 2.54. The molecule has 0 unspecified atom stereocenters. The van der Waals surface area contributed by atoms with Gasteiger partial charge in [0.15, 0.2) is 0 Å². The molecule has 0 aliphatic heterocycles. The molecule has 0 bridgehead atoms. The summed E-state index contributed by atoms with van der Waals surface area (Å²) in [5.41, 5.74) is 7.06. The summed E-state index contributed by atoms with van der Waals surface area (Å²) in [6.45, 7) is 1.76. The number of thiophene rings is 1. The summed E-state index contributed by atoms with van der Waals surface area (Å²) in [7, 11) is 0. The summed E-state index contributed by atoms with van der Waals surface area (Å²) in [6, 6.07) is 5.22. The topological polar surface area (TPSA) is 97.1 Å². The molecule has 24 heavy (non-hydrogen) atoms. The highest BCUT2D eigenvalue weighted by molar-refractivity contribution is 7.12. The fraction of sp³-hybridized carbons (Fsp3) is 0.250. The van der Waals surface area contributed by atoms with Crippen LogP contribution in [0.3, 0.4) is 0 Å². The highest BCUT2D eigenvalue weighted by Crippen LogP contribution is 2.40. The van der Waals surface area contributed by atoms with E-state index in [4.69, 9.17) is 4.52 Å². The molecule has 3 heterocycles. The fourth-order valence-electron chi connectivity index (χ4n) is 2.53. The van der Waals surface area contributed by atoms with Crippen molar-refractivity contribution in [3.8, 4) is 0 Å². The van der Waals surface area contributed by atoms with E-state index in [1.807, 2.05) is 0 Å². The molecule has 0 saturated heterocycles. The van der Waals surface area contributed by atoms with Crippen LogP contribution in [0, 0.1) is 6.92 Å². The Balaban J connectivity index is 1.61. The molecule has 1 aliphatic carbocycles. The maximum Gasteiger partial charge on any atom is 0.279 e. The zero-order chi connectivity index (χ0) is 16.7. The number of aryl methyl sites for hydroxylation is 1. The van der Waals surface area contributed by atoms with Crippen LogP contribution in [-0.4, -0.2) is 22.0 Å². The van der Waals surface area contributed by atoms with Gasteiger partial charge in [-0.15, -0.1) is 11.3 Å². The maximum absolute atomic E-state index is 12.6. The van der Waals surface area contributed by atoms with Crippen LogP contribution in [0.2, 0.25) is 0 Å². The van der Waals surface area contributed by atoms with Crippen molar-refractivity contribution < 1.29 is 14.1 Å². The minimum atomic E-state index is -0.416. The monoisotopic (exact) mass is 342 g/mol. The Hall–Kier alpha value is -2.74. The molecule has 2 amide bonds. The van der Waals surface area contributed by atoms with Crippen LogP contribution < -0.4 is 10.9 Å². The number of carbonyl (C=O) groups is 2. The lowest BCUT2D eigenvalue weighted by Crippen LogP contribution is -2.41. The van der Waals surface area contributed by atoms with Gasteiger partial charge >= 0.3 is 0 Å². The lowest BCUT2D eigenvalue weighted by atomic mass is 10.1. The molecule has 3 aromatic rings. The van der Waals surface area contributed by atoms with Crippen LogP contribution >= 0.6 is 11.3 Å². The molecule has 1 aliphatic rings. The first-order chi connectivity index (χ1) is 11.6. The SMILES string of the molecule is Cc1noc2nc(C3CC3)cc(C(=O)NNC(=O)c3cccs3)c12. The number of pyridine rings is 1. The number of hydrogen-bond donors (Lipinski definition) is 2. The van der Waals surface area contributed by atoms with Gasteiger partial charge in [0, 0.05) is 11.6 Å². The van der Waals surface area contributed by atoms with Crippen LogP contribution in [0.1, 0.15) is 50.2 Å². The lowest BCUT2D eigenvalue weighted by molar-refractivity contribution is 0.0849. The minimum absolute atomic E-state index is 0.353. The van der Waals surface area contributed by atoms with Gasteiger partial charge in [-0.1, -0.05) is 11.2 Å². The Bertz CT molecular complexity index is 928. The minimum Gasteiger partial charge on any atom is -0.336 e. The van der Waals surface area contributed by atoms with Crippen LogP contribution in [0.25, 0.3) is 11.1 Å². The number of nitrogens with zero attached hydrogens (tertiary/aromatic N) is 2. The average Bonchev–Trinajstić information content (AvgIpc) is 3.16. The van der Waals surface area contributed by atoms with Crippen molar-refractivity contribution in [1.29, 1.82) is 0 Å². The van der Waals surface area contributed by atoms with Gasteiger partial charge in [-0.25, -0.2) is 4.98 Å². The van der Waals surface area contributed by atoms with Crippen molar-refractivity contribution in [3.63, 3.8) is 0 Å².